The van der Waals surface area contributed by atoms with Crippen LogP contribution in [-0.2, 0) is 6.42 Å². The quantitative estimate of drug-likeness (QED) is 0.757. The Labute approximate surface area is 95.9 Å². The number of aryl methyl sites for hydroxylation is 1. The van der Waals surface area contributed by atoms with Gasteiger partial charge in [-0.25, -0.2) is 0 Å². The van der Waals surface area contributed by atoms with Gasteiger partial charge >= 0.3 is 0 Å². The van der Waals surface area contributed by atoms with Crippen molar-refractivity contribution in [3.05, 3.63) is 29.8 Å². The van der Waals surface area contributed by atoms with E-state index in [0.717, 1.165) is 18.6 Å². The van der Waals surface area contributed by atoms with E-state index in [9.17, 15) is 0 Å². The zero-order valence-corrected chi connectivity index (χ0v) is 9.31. The molecule has 0 spiro atoms. The average Bonchev–Trinajstić information content (AvgIpc) is 2.35. The monoisotopic (exact) mass is 214 g/mol. The Morgan fingerprint density at radius 3 is 2.69 bits per heavy atom. The molecule has 1 rings (SSSR count). The number of ether oxygens (including phenoxy) is 1. The molecule has 0 aliphatic heterocycles. The second kappa shape index (κ2) is 6.48. The summed E-state index contributed by atoms with van der Waals surface area (Å²) in [6.45, 7) is 0. The molecular weight excluding hydrogens is 200 g/mol. The van der Waals surface area contributed by atoms with Crippen molar-refractivity contribution in [1.29, 1.82) is 10.5 Å². The normalized spacial score (nSPS) is 9.50. The van der Waals surface area contributed by atoms with Crippen molar-refractivity contribution in [1.82, 2.24) is 0 Å². The highest BCUT2D eigenvalue weighted by Crippen LogP contribution is 2.15. The van der Waals surface area contributed by atoms with Gasteiger partial charge in [0, 0.05) is 0 Å². The molecule has 3 heteroatoms. The first-order valence-corrected chi connectivity index (χ1v) is 5.22. The third-order valence-electron chi connectivity index (χ3n) is 2.40. The summed E-state index contributed by atoms with van der Waals surface area (Å²) in [6, 6.07) is 11.8. The summed E-state index contributed by atoms with van der Waals surface area (Å²) >= 11 is 0. The van der Waals surface area contributed by atoms with E-state index in [0.29, 0.717) is 6.42 Å². The first kappa shape index (κ1) is 12.1. The summed E-state index contributed by atoms with van der Waals surface area (Å²) in [7, 11) is 1.64. The second-order valence-electron chi connectivity index (χ2n) is 3.55. The van der Waals surface area contributed by atoms with Crippen LogP contribution in [0.4, 0.5) is 0 Å². The molecule has 0 N–H and O–H groups in total. The molecule has 0 saturated carbocycles. The van der Waals surface area contributed by atoms with Crippen LogP contribution in [0.5, 0.6) is 5.75 Å². The molecule has 0 amide bonds. The van der Waals surface area contributed by atoms with Crippen LogP contribution in [0.25, 0.3) is 0 Å². The lowest BCUT2D eigenvalue weighted by atomic mass is 10.0. The van der Waals surface area contributed by atoms with E-state index in [4.69, 9.17) is 15.3 Å². The molecule has 82 valence electrons. The Hall–Kier alpha value is -2.00. The van der Waals surface area contributed by atoms with Crippen LogP contribution >= 0.6 is 0 Å². The van der Waals surface area contributed by atoms with Gasteiger partial charge in [0.2, 0.25) is 0 Å². The van der Waals surface area contributed by atoms with E-state index in [1.807, 2.05) is 36.4 Å². The maximum Gasteiger partial charge on any atom is 0.133 e. The topological polar surface area (TPSA) is 56.8 Å². The molecule has 0 atom stereocenters. The lowest BCUT2D eigenvalue weighted by molar-refractivity contribution is 0.414. The number of rotatable bonds is 5. The molecule has 0 bridgehead atoms. The average molecular weight is 214 g/mol. The van der Waals surface area contributed by atoms with Crippen molar-refractivity contribution in [2.24, 2.45) is 5.92 Å². The summed E-state index contributed by atoms with van der Waals surface area (Å²) in [5, 5.41) is 17.2. The Balaban J connectivity index is 2.43. The number of methoxy groups -OCH3 is 1. The van der Waals surface area contributed by atoms with E-state index in [2.05, 4.69) is 0 Å². The van der Waals surface area contributed by atoms with Gasteiger partial charge in [0.05, 0.1) is 19.2 Å². The first-order valence-electron chi connectivity index (χ1n) is 5.22. The number of nitrogens with zero attached hydrogens (tertiary/aromatic N) is 2. The van der Waals surface area contributed by atoms with Gasteiger partial charge in [0.1, 0.15) is 11.7 Å². The van der Waals surface area contributed by atoms with E-state index >= 15 is 0 Å². The van der Waals surface area contributed by atoms with Crippen molar-refractivity contribution in [3.63, 3.8) is 0 Å². The molecule has 0 heterocycles. The van der Waals surface area contributed by atoms with Gasteiger partial charge in [-0.2, -0.15) is 10.5 Å². The third kappa shape index (κ3) is 3.63. The van der Waals surface area contributed by atoms with Gasteiger partial charge in [-0.3, -0.25) is 0 Å². The van der Waals surface area contributed by atoms with Gasteiger partial charge in [-0.1, -0.05) is 12.1 Å². The van der Waals surface area contributed by atoms with Crippen LogP contribution < -0.4 is 4.74 Å². The van der Waals surface area contributed by atoms with E-state index in [1.54, 1.807) is 7.11 Å². The standard InChI is InChI=1S/C13H14N2O/c1-16-13-7-3-5-11(8-13)4-2-6-12(9-14)10-15/h3,5,7-8,12H,2,4,6H2,1H3. The molecule has 3 nitrogen and oxygen atoms in total. The van der Waals surface area contributed by atoms with E-state index in [1.165, 1.54) is 5.56 Å². The molecule has 1 aromatic carbocycles. The summed E-state index contributed by atoms with van der Waals surface area (Å²) in [5.41, 5.74) is 1.17. The van der Waals surface area contributed by atoms with Crippen LogP contribution in [-0.4, -0.2) is 7.11 Å². The molecule has 0 saturated heterocycles. The highest BCUT2D eigenvalue weighted by molar-refractivity contribution is 5.28. The smallest absolute Gasteiger partial charge is 0.133 e. The van der Waals surface area contributed by atoms with Crippen LogP contribution in [0.2, 0.25) is 0 Å². The predicted octanol–water partition coefficient (Wildman–Crippen LogP) is 2.68. The number of benzene rings is 1. The largest absolute Gasteiger partial charge is 0.497 e. The Bertz CT molecular complexity index is 401. The van der Waals surface area contributed by atoms with Crippen LogP contribution in [0.3, 0.4) is 0 Å². The molecule has 0 radical (unpaired) electrons. The zero-order valence-electron chi connectivity index (χ0n) is 9.31. The van der Waals surface area contributed by atoms with Crippen LogP contribution in [0, 0.1) is 28.6 Å². The molecule has 0 aliphatic rings. The second-order valence-corrected chi connectivity index (χ2v) is 3.55. The summed E-state index contributed by atoms with van der Waals surface area (Å²) < 4.78 is 5.12. The van der Waals surface area contributed by atoms with E-state index < -0.39 is 5.92 Å². The summed E-state index contributed by atoms with van der Waals surface area (Å²) in [5.74, 6) is 0.361. The lowest BCUT2D eigenvalue weighted by Gasteiger charge is -2.04. The van der Waals surface area contributed by atoms with Gasteiger partial charge in [0.15, 0.2) is 0 Å². The first-order chi connectivity index (χ1) is 7.80. The number of hydrogen-bond acceptors (Lipinski definition) is 3. The maximum atomic E-state index is 8.61. The fourth-order valence-corrected chi connectivity index (χ4v) is 1.50. The Morgan fingerprint density at radius 2 is 2.06 bits per heavy atom. The zero-order chi connectivity index (χ0) is 11.8. The minimum atomic E-state index is -0.481. The minimum absolute atomic E-state index is 0.481. The fourth-order valence-electron chi connectivity index (χ4n) is 1.50. The Kier molecular flexibility index (Phi) is 4.89. The van der Waals surface area contributed by atoms with Gasteiger partial charge in [-0.05, 0) is 37.0 Å². The highest BCUT2D eigenvalue weighted by atomic mass is 16.5. The van der Waals surface area contributed by atoms with Crippen molar-refractivity contribution in [2.75, 3.05) is 7.11 Å². The van der Waals surface area contributed by atoms with Crippen LogP contribution in [0.1, 0.15) is 18.4 Å². The third-order valence-corrected chi connectivity index (χ3v) is 2.40. The van der Waals surface area contributed by atoms with Gasteiger partial charge in [0.25, 0.3) is 0 Å². The highest BCUT2D eigenvalue weighted by Gasteiger charge is 2.04. The molecular formula is C13H14N2O. The molecule has 0 aromatic heterocycles. The molecule has 0 fully saturated rings. The van der Waals surface area contributed by atoms with Gasteiger partial charge in [-0.15, -0.1) is 0 Å². The molecule has 0 unspecified atom stereocenters. The van der Waals surface area contributed by atoms with E-state index in [-0.39, 0.29) is 0 Å². The number of hydrogen-bond donors (Lipinski definition) is 0. The number of nitriles is 2. The lowest BCUT2D eigenvalue weighted by Crippen LogP contribution is -1.95. The van der Waals surface area contributed by atoms with Crippen molar-refractivity contribution >= 4 is 0 Å². The minimum Gasteiger partial charge on any atom is -0.497 e. The molecule has 16 heavy (non-hydrogen) atoms. The fraction of sp³-hybridized carbons (Fsp3) is 0.385. The SMILES string of the molecule is COc1cccc(CCCC(C#N)C#N)c1. The summed E-state index contributed by atoms with van der Waals surface area (Å²) in [6.07, 6.45) is 2.35. The maximum absolute atomic E-state index is 8.61. The molecule has 1 aromatic rings. The van der Waals surface area contributed by atoms with Crippen molar-refractivity contribution in [2.45, 2.75) is 19.3 Å². The summed E-state index contributed by atoms with van der Waals surface area (Å²) in [4.78, 5) is 0. The molecule has 0 aliphatic carbocycles. The van der Waals surface area contributed by atoms with Crippen molar-refractivity contribution in [3.8, 4) is 17.9 Å². The van der Waals surface area contributed by atoms with Crippen molar-refractivity contribution < 1.29 is 4.74 Å². The predicted molar refractivity (Wildman–Crippen MR) is 60.6 cm³/mol. The van der Waals surface area contributed by atoms with Gasteiger partial charge < -0.3 is 4.74 Å². The Morgan fingerprint density at radius 1 is 1.31 bits per heavy atom. The van der Waals surface area contributed by atoms with Crippen LogP contribution in [0.15, 0.2) is 24.3 Å².